The van der Waals surface area contributed by atoms with Crippen molar-refractivity contribution in [3.63, 3.8) is 0 Å². The quantitative estimate of drug-likeness (QED) is 0.256. The lowest BCUT2D eigenvalue weighted by molar-refractivity contribution is 0.305. The summed E-state index contributed by atoms with van der Waals surface area (Å²) < 4.78 is 49.6. The smallest absolute Gasteiger partial charge is 0.167 e. The van der Waals surface area contributed by atoms with Crippen LogP contribution in [0.15, 0.2) is 78.9 Å². The highest BCUT2D eigenvalue weighted by Gasteiger charge is 2.16. The standard InChI is InChI=1S/C30H27F3O/c1-3-5-20-6-10-23(11-7-20)26-16-17-27(30(33)29(26)32)24-12-14-25(15-13-24)34-19-21-8-9-22(4-2)28(31)18-21/h6-18H,3-5,19H2,1-2H3. The Balaban J connectivity index is 1.49. The summed E-state index contributed by atoms with van der Waals surface area (Å²) in [6, 6.07) is 22.6. The third kappa shape index (κ3) is 5.17. The van der Waals surface area contributed by atoms with E-state index in [4.69, 9.17) is 4.74 Å². The van der Waals surface area contributed by atoms with E-state index in [2.05, 4.69) is 6.92 Å². The van der Waals surface area contributed by atoms with Gasteiger partial charge in [-0.3, -0.25) is 0 Å². The minimum absolute atomic E-state index is 0.188. The Bertz CT molecular complexity index is 1260. The Morgan fingerprint density at radius 2 is 1.21 bits per heavy atom. The molecule has 0 amide bonds. The first kappa shape index (κ1) is 23.6. The van der Waals surface area contributed by atoms with Crippen molar-refractivity contribution >= 4 is 0 Å². The molecule has 0 N–H and O–H groups in total. The molecule has 0 aromatic heterocycles. The van der Waals surface area contributed by atoms with Crippen LogP contribution in [0.4, 0.5) is 13.2 Å². The summed E-state index contributed by atoms with van der Waals surface area (Å²) >= 11 is 0. The molecule has 0 saturated carbocycles. The van der Waals surface area contributed by atoms with E-state index in [0.717, 1.165) is 18.4 Å². The molecule has 0 spiro atoms. The van der Waals surface area contributed by atoms with Crippen molar-refractivity contribution in [3.05, 3.63) is 113 Å². The lowest BCUT2D eigenvalue weighted by Crippen LogP contribution is -1.98. The summed E-state index contributed by atoms with van der Waals surface area (Å²) in [5, 5.41) is 0. The lowest BCUT2D eigenvalue weighted by atomic mass is 9.97. The second-order valence-corrected chi connectivity index (χ2v) is 8.33. The Hall–Kier alpha value is -3.53. The van der Waals surface area contributed by atoms with E-state index in [1.54, 1.807) is 42.5 Å². The minimum Gasteiger partial charge on any atom is -0.489 e. The monoisotopic (exact) mass is 460 g/mol. The van der Waals surface area contributed by atoms with Gasteiger partial charge in [0.1, 0.15) is 18.2 Å². The molecule has 4 heteroatoms. The van der Waals surface area contributed by atoms with E-state index < -0.39 is 11.6 Å². The highest BCUT2D eigenvalue weighted by atomic mass is 19.2. The zero-order valence-electron chi connectivity index (χ0n) is 19.4. The van der Waals surface area contributed by atoms with Gasteiger partial charge >= 0.3 is 0 Å². The van der Waals surface area contributed by atoms with Crippen molar-refractivity contribution in [1.29, 1.82) is 0 Å². The number of aryl methyl sites for hydroxylation is 2. The number of hydrogen-bond donors (Lipinski definition) is 0. The molecule has 34 heavy (non-hydrogen) atoms. The molecular weight excluding hydrogens is 433 g/mol. The van der Waals surface area contributed by atoms with Crippen LogP contribution in [-0.4, -0.2) is 0 Å². The van der Waals surface area contributed by atoms with Gasteiger partial charge in [0.05, 0.1) is 0 Å². The first-order valence-corrected chi connectivity index (χ1v) is 11.6. The van der Waals surface area contributed by atoms with Crippen LogP contribution in [0.1, 0.15) is 37.0 Å². The van der Waals surface area contributed by atoms with E-state index >= 15 is 0 Å². The fourth-order valence-corrected chi connectivity index (χ4v) is 4.00. The molecule has 174 valence electrons. The number of halogens is 3. The molecule has 0 aliphatic heterocycles. The average Bonchev–Trinajstić information content (AvgIpc) is 2.86. The molecular formula is C30H27F3O. The molecule has 0 saturated heterocycles. The van der Waals surface area contributed by atoms with E-state index in [1.807, 2.05) is 37.3 Å². The summed E-state index contributed by atoms with van der Waals surface area (Å²) in [7, 11) is 0. The van der Waals surface area contributed by atoms with Crippen LogP contribution in [0, 0.1) is 17.5 Å². The normalized spacial score (nSPS) is 11.0. The fourth-order valence-electron chi connectivity index (χ4n) is 4.00. The van der Waals surface area contributed by atoms with Gasteiger partial charge in [0.2, 0.25) is 0 Å². The van der Waals surface area contributed by atoms with E-state index in [9.17, 15) is 13.2 Å². The zero-order chi connectivity index (χ0) is 24.1. The number of benzene rings is 4. The van der Waals surface area contributed by atoms with Gasteiger partial charge < -0.3 is 4.74 Å². The maximum atomic E-state index is 15.0. The van der Waals surface area contributed by atoms with E-state index in [0.29, 0.717) is 28.9 Å². The third-order valence-corrected chi connectivity index (χ3v) is 5.96. The van der Waals surface area contributed by atoms with Gasteiger partial charge in [-0.2, -0.15) is 0 Å². The largest absolute Gasteiger partial charge is 0.489 e. The average molecular weight is 461 g/mol. The topological polar surface area (TPSA) is 9.23 Å². The zero-order valence-corrected chi connectivity index (χ0v) is 19.4. The van der Waals surface area contributed by atoms with Gasteiger partial charge in [-0.1, -0.05) is 80.9 Å². The Kier molecular flexibility index (Phi) is 7.36. The van der Waals surface area contributed by atoms with Gasteiger partial charge in [0.15, 0.2) is 11.6 Å². The van der Waals surface area contributed by atoms with Gasteiger partial charge in [-0.25, -0.2) is 13.2 Å². The number of ether oxygens (including phenoxy) is 1. The van der Waals surface area contributed by atoms with Crippen molar-refractivity contribution in [3.8, 4) is 28.0 Å². The van der Waals surface area contributed by atoms with Crippen LogP contribution >= 0.6 is 0 Å². The molecule has 0 bridgehead atoms. The van der Waals surface area contributed by atoms with Crippen molar-refractivity contribution in [2.24, 2.45) is 0 Å². The molecule has 4 aromatic carbocycles. The fraction of sp³-hybridized carbons (Fsp3) is 0.200. The molecule has 0 aliphatic carbocycles. The van der Waals surface area contributed by atoms with Crippen molar-refractivity contribution in [1.82, 2.24) is 0 Å². The van der Waals surface area contributed by atoms with Gasteiger partial charge in [-0.05, 0) is 58.9 Å². The van der Waals surface area contributed by atoms with Crippen LogP contribution in [0.2, 0.25) is 0 Å². The maximum absolute atomic E-state index is 15.0. The van der Waals surface area contributed by atoms with Gasteiger partial charge in [-0.15, -0.1) is 0 Å². The highest BCUT2D eigenvalue weighted by Crippen LogP contribution is 2.32. The van der Waals surface area contributed by atoms with Crippen LogP contribution < -0.4 is 4.74 Å². The molecule has 0 heterocycles. The predicted octanol–water partition coefficient (Wildman–Crippen LogP) is 8.53. The minimum atomic E-state index is -0.879. The maximum Gasteiger partial charge on any atom is 0.167 e. The summed E-state index contributed by atoms with van der Waals surface area (Å²) in [6.07, 6.45) is 2.63. The molecule has 0 atom stereocenters. The van der Waals surface area contributed by atoms with Crippen molar-refractivity contribution < 1.29 is 17.9 Å². The summed E-state index contributed by atoms with van der Waals surface area (Å²) in [6.45, 7) is 4.23. The Labute approximate surface area is 198 Å². The molecule has 0 unspecified atom stereocenters. The van der Waals surface area contributed by atoms with Crippen LogP contribution in [0.25, 0.3) is 22.3 Å². The van der Waals surface area contributed by atoms with Crippen molar-refractivity contribution in [2.45, 2.75) is 39.7 Å². The first-order chi connectivity index (χ1) is 16.5. The first-order valence-electron chi connectivity index (χ1n) is 11.6. The molecule has 1 nitrogen and oxygen atoms in total. The lowest BCUT2D eigenvalue weighted by Gasteiger charge is -2.11. The SMILES string of the molecule is CCCc1ccc(-c2ccc(-c3ccc(OCc4ccc(CC)c(F)c4)cc3)c(F)c2F)cc1. The van der Waals surface area contributed by atoms with Crippen molar-refractivity contribution in [2.75, 3.05) is 0 Å². The number of hydrogen-bond acceptors (Lipinski definition) is 1. The third-order valence-electron chi connectivity index (χ3n) is 5.96. The number of rotatable bonds is 8. The molecule has 0 fully saturated rings. The molecule has 0 aliphatic rings. The van der Waals surface area contributed by atoms with Crippen LogP contribution in [0.5, 0.6) is 5.75 Å². The molecule has 0 radical (unpaired) electrons. The second kappa shape index (κ2) is 10.6. The van der Waals surface area contributed by atoms with Gasteiger partial charge in [0, 0.05) is 11.1 Å². The Morgan fingerprint density at radius 1 is 0.647 bits per heavy atom. The highest BCUT2D eigenvalue weighted by molar-refractivity contribution is 5.72. The van der Waals surface area contributed by atoms with E-state index in [-0.39, 0.29) is 23.6 Å². The van der Waals surface area contributed by atoms with Crippen LogP contribution in [-0.2, 0) is 19.4 Å². The second-order valence-electron chi connectivity index (χ2n) is 8.33. The predicted molar refractivity (Wildman–Crippen MR) is 131 cm³/mol. The van der Waals surface area contributed by atoms with E-state index in [1.165, 1.54) is 11.6 Å². The molecule has 4 aromatic rings. The van der Waals surface area contributed by atoms with Gasteiger partial charge in [0.25, 0.3) is 0 Å². The van der Waals surface area contributed by atoms with Crippen LogP contribution in [0.3, 0.4) is 0 Å². The summed E-state index contributed by atoms with van der Waals surface area (Å²) in [5.74, 6) is -1.42. The summed E-state index contributed by atoms with van der Waals surface area (Å²) in [5.41, 5.74) is 4.20. The molecule has 4 rings (SSSR count). The summed E-state index contributed by atoms with van der Waals surface area (Å²) in [4.78, 5) is 0. The Morgan fingerprint density at radius 3 is 1.74 bits per heavy atom.